The number of aliphatic imine (C=N–C) groups is 1. The highest BCUT2D eigenvalue weighted by Crippen LogP contribution is 2.30. The molecule has 1 heterocycles. The second-order valence-corrected chi connectivity index (χ2v) is 8.35. The van der Waals surface area contributed by atoms with Crippen molar-refractivity contribution in [2.75, 3.05) is 13.7 Å². The number of carbonyl (C=O) groups is 2. The first-order valence-corrected chi connectivity index (χ1v) is 11.2. The predicted octanol–water partition coefficient (Wildman–Crippen LogP) is 5.27. The van der Waals surface area contributed by atoms with Crippen molar-refractivity contribution in [2.24, 2.45) is 10.9 Å². The standard InChI is InChI=1S/C26H21ClF2N2O5/c1-34-20-7-5-16(6-8-20)24-23(25(32)36-13-15-9-18(28)12-19(29)10-15)22(30-26(33)31-24)14-35-21-4-2-3-17(27)11-21/h2-12,23-24H,13-14H2,1H3,(H,31,33). The Bertz CT molecular complexity index is 1280. The van der Waals surface area contributed by atoms with Gasteiger partial charge >= 0.3 is 12.0 Å². The van der Waals surface area contributed by atoms with Crippen LogP contribution in [0.4, 0.5) is 13.6 Å². The topological polar surface area (TPSA) is 86.2 Å². The summed E-state index contributed by atoms with van der Waals surface area (Å²) in [6.45, 7) is -0.579. The number of methoxy groups -OCH3 is 1. The largest absolute Gasteiger partial charge is 0.497 e. The van der Waals surface area contributed by atoms with Gasteiger partial charge in [-0.1, -0.05) is 29.8 Å². The molecular formula is C26H21ClF2N2O5. The highest BCUT2D eigenvalue weighted by atomic mass is 35.5. The molecular weight excluding hydrogens is 494 g/mol. The number of urea groups is 1. The molecule has 7 nitrogen and oxygen atoms in total. The Morgan fingerprint density at radius 2 is 1.72 bits per heavy atom. The third-order valence-electron chi connectivity index (χ3n) is 5.43. The SMILES string of the molecule is COc1ccc(C2NC(=O)N=C(COc3cccc(Cl)c3)C2C(=O)OCc2cc(F)cc(F)c2)cc1. The molecule has 0 fully saturated rings. The number of nitrogens with zero attached hydrogens (tertiary/aromatic N) is 1. The van der Waals surface area contributed by atoms with Crippen molar-refractivity contribution in [3.05, 3.63) is 94.5 Å². The third kappa shape index (κ3) is 6.17. The average molecular weight is 515 g/mol. The Morgan fingerprint density at radius 1 is 1.00 bits per heavy atom. The summed E-state index contributed by atoms with van der Waals surface area (Å²) in [4.78, 5) is 29.7. The fourth-order valence-electron chi connectivity index (χ4n) is 3.77. The summed E-state index contributed by atoms with van der Waals surface area (Å²) in [5.41, 5.74) is 0.850. The van der Waals surface area contributed by atoms with Crippen LogP contribution in [0.1, 0.15) is 17.2 Å². The molecule has 0 radical (unpaired) electrons. The lowest BCUT2D eigenvalue weighted by Crippen LogP contribution is -2.46. The molecule has 0 aromatic heterocycles. The van der Waals surface area contributed by atoms with Gasteiger partial charge in [-0.05, 0) is 53.6 Å². The molecule has 1 N–H and O–H groups in total. The number of hydrogen-bond acceptors (Lipinski definition) is 5. The maximum Gasteiger partial charge on any atom is 0.341 e. The van der Waals surface area contributed by atoms with Gasteiger partial charge < -0.3 is 19.5 Å². The normalized spacial score (nSPS) is 17.1. The Kier molecular flexibility index (Phi) is 7.80. The van der Waals surface area contributed by atoms with Gasteiger partial charge in [0, 0.05) is 11.1 Å². The summed E-state index contributed by atoms with van der Waals surface area (Å²) in [7, 11) is 1.52. The monoisotopic (exact) mass is 514 g/mol. The first-order chi connectivity index (χ1) is 17.3. The molecule has 3 aromatic carbocycles. The van der Waals surface area contributed by atoms with Crippen molar-refractivity contribution >= 4 is 29.3 Å². The van der Waals surface area contributed by atoms with Crippen LogP contribution in [-0.4, -0.2) is 31.4 Å². The molecule has 10 heteroatoms. The van der Waals surface area contributed by atoms with E-state index in [9.17, 15) is 18.4 Å². The van der Waals surface area contributed by atoms with Crippen molar-refractivity contribution in [3.8, 4) is 11.5 Å². The van der Waals surface area contributed by atoms with E-state index < -0.39 is 35.6 Å². The molecule has 0 saturated carbocycles. The first kappa shape index (κ1) is 25.1. The van der Waals surface area contributed by atoms with Crippen LogP contribution >= 0.6 is 11.6 Å². The average Bonchev–Trinajstić information content (AvgIpc) is 2.85. The van der Waals surface area contributed by atoms with Crippen molar-refractivity contribution in [1.82, 2.24) is 5.32 Å². The summed E-state index contributed by atoms with van der Waals surface area (Å²) in [5.74, 6) is -2.41. The molecule has 4 rings (SSSR count). The van der Waals surface area contributed by atoms with Crippen molar-refractivity contribution < 1.29 is 32.6 Å². The zero-order chi connectivity index (χ0) is 25.7. The molecule has 3 aromatic rings. The molecule has 36 heavy (non-hydrogen) atoms. The van der Waals surface area contributed by atoms with E-state index in [0.29, 0.717) is 22.1 Å². The van der Waals surface area contributed by atoms with Gasteiger partial charge in [0.25, 0.3) is 0 Å². The number of esters is 1. The molecule has 0 bridgehead atoms. The van der Waals surface area contributed by atoms with Crippen LogP contribution in [0.15, 0.2) is 71.7 Å². The van der Waals surface area contributed by atoms with Crippen molar-refractivity contribution in [1.29, 1.82) is 0 Å². The molecule has 2 unspecified atom stereocenters. The smallest absolute Gasteiger partial charge is 0.341 e. The molecule has 0 saturated heterocycles. The Balaban J connectivity index is 1.61. The number of carbonyl (C=O) groups excluding carboxylic acids is 2. The van der Waals surface area contributed by atoms with E-state index in [1.807, 2.05) is 0 Å². The summed E-state index contributed by atoms with van der Waals surface area (Å²) in [5, 5.41) is 3.14. The summed E-state index contributed by atoms with van der Waals surface area (Å²) in [6.07, 6.45) is 0. The number of amides is 2. The number of ether oxygens (including phenoxy) is 3. The van der Waals surface area contributed by atoms with Crippen LogP contribution in [0, 0.1) is 17.6 Å². The van der Waals surface area contributed by atoms with Crippen molar-refractivity contribution in [2.45, 2.75) is 12.6 Å². The molecule has 1 aliphatic rings. The molecule has 2 atom stereocenters. The second kappa shape index (κ2) is 11.2. The molecule has 186 valence electrons. The van der Waals surface area contributed by atoms with E-state index in [-0.39, 0.29) is 24.5 Å². The van der Waals surface area contributed by atoms with Crippen LogP contribution < -0.4 is 14.8 Å². The molecule has 0 aliphatic carbocycles. The van der Waals surface area contributed by atoms with E-state index in [2.05, 4.69) is 10.3 Å². The Hall–Kier alpha value is -3.98. The van der Waals surface area contributed by atoms with Gasteiger partial charge in [0.2, 0.25) is 0 Å². The van der Waals surface area contributed by atoms with Crippen LogP contribution in [-0.2, 0) is 16.1 Å². The van der Waals surface area contributed by atoms with Gasteiger partial charge in [-0.25, -0.2) is 13.6 Å². The van der Waals surface area contributed by atoms with Crippen molar-refractivity contribution in [3.63, 3.8) is 0 Å². The number of benzene rings is 3. The van der Waals surface area contributed by atoms with Gasteiger partial charge in [-0.2, -0.15) is 4.99 Å². The van der Waals surface area contributed by atoms with E-state index in [1.165, 1.54) is 7.11 Å². The first-order valence-electron chi connectivity index (χ1n) is 10.8. The van der Waals surface area contributed by atoms with Gasteiger partial charge in [0.1, 0.15) is 42.3 Å². The maximum absolute atomic E-state index is 13.6. The minimum atomic E-state index is -1.08. The summed E-state index contributed by atoms with van der Waals surface area (Å²) in [6, 6.07) is 14.8. The molecule has 2 amide bonds. The van der Waals surface area contributed by atoms with Gasteiger partial charge in [-0.15, -0.1) is 0 Å². The van der Waals surface area contributed by atoms with E-state index >= 15 is 0 Å². The molecule has 1 aliphatic heterocycles. The maximum atomic E-state index is 13.6. The van der Waals surface area contributed by atoms with E-state index in [0.717, 1.165) is 18.2 Å². The summed E-state index contributed by atoms with van der Waals surface area (Å²) < 4.78 is 43.5. The van der Waals surface area contributed by atoms with Crippen LogP contribution in [0.2, 0.25) is 5.02 Å². The minimum absolute atomic E-state index is 0.120. The number of nitrogens with one attached hydrogen (secondary N) is 1. The Labute approximate surface area is 210 Å². The minimum Gasteiger partial charge on any atom is -0.497 e. The highest BCUT2D eigenvalue weighted by Gasteiger charge is 2.40. The number of halogens is 3. The number of hydrogen-bond donors (Lipinski definition) is 1. The quantitative estimate of drug-likeness (QED) is 0.414. The van der Waals surface area contributed by atoms with Crippen LogP contribution in [0.25, 0.3) is 0 Å². The lowest BCUT2D eigenvalue weighted by molar-refractivity contribution is -0.148. The fourth-order valence-corrected chi connectivity index (χ4v) is 3.96. The Morgan fingerprint density at radius 3 is 2.39 bits per heavy atom. The zero-order valence-corrected chi connectivity index (χ0v) is 19.8. The highest BCUT2D eigenvalue weighted by molar-refractivity contribution is 6.30. The van der Waals surface area contributed by atoms with Gasteiger partial charge in [0.15, 0.2) is 0 Å². The molecule has 0 spiro atoms. The number of rotatable bonds is 8. The van der Waals surface area contributed by atoms with Crippen LogP contribution in [0.5, 0.6) is 11.5 Å². The van der Waals surface area contributed by atoms with Gasteiger partial charge in [-0.3, -0.25) is 4.79 Å². The van der Waals surface area contributed by atoms with Crippen LogP contribution in [0.3, 0.4) is 0 Å². The van der Waals surface area contributed by atoms with E-state index in [4.69, 9.17) is 25.8 Å². The predicted molar refractivity (Wildman–Crippen MR) is 128 cm³/mol. The fraction of sp³-hybridized carbons (Fsp3) is 0.192. The third-order valence-corrected chi connectivity index (χ3v) is 5.67. The van der Waals surface area contributed by atoms with Gasteiger partial charge in [0.05, 0.1) is 18.9 Å². The zero-order valence-electron chi connectivity index (χ0n) is 19.0. The summed E-state index contributed by atoms with van der Waals surface area (Å²) >= 11 is 6.01. The lowest BCUT2D eigenvalue weighted by Gasteiger charge is -2.31. The van der Waals surface area contributed by atoms with E-state index in [1.54, 1.807) is 48.5 Å². The second-order valence-electron chi connectivity index (χ2n) is 7.91. The lowest BCUT2D eigenvalue weighted by atomic mass is 9.87.